The first-order chi connectivity index (χ1) is 13.6. The van der Waals surface area contributed by atoms with Crippen molar-refractivity contribution < 1.29 is 0 Å². The molecule has 2 aromatic carbocycles. The zero-order valence-corrected chi connectivity index (χ0v) is 16.8. The number of anilines is 1. The van der Waals surface area contributed by atoms with E-state index in [2.05, 4.69) is 75.3 Å². The number of aromatic nitrogens is 3. The lowest BCUT2D eigenvalue weighted by Crippen LogP contribution is -2.37. The molecule has 0 spiro atoms. The molecule has 6 heteroatoms. The zero-order valence-electron chi connectivity index (χ0n) is 15.3. The number of nitrogens with one attached hydrogen (secondary N) is 1. The molecule has 2 aromatic heterocycles. The number of fused-ring (bicyclic) bond motifs is 3. The molecule has 0 radical (unpaired) electrons. The third-order valence-electron chi connectivity index (χ3n) is 5.34. The number of H-pyrrole nitrogens is 1. The summed E-state index contributed by atoms with van der Waals surface area (Å²) in [7, 11) is 0. The van der Waals surface area contributed by atoms with Crippen LogP contribution in [0, 0.1) is 6.92 Å². The third kappa shape index (κ3) is 2.93. The Morgan fingerprint density at radius 2 is 1.71 bits per heavy atom. The predicted octanol–water partition coefficient (Wildman–Crippen LogP) is 5.73. The smallest absolute Gasteiger partial charge is 0.229 e. The number of halogens is 2. The standard InChI is InChI=1S/C22H18Cl2N4/c1-13-6-8-14(9-7-13)21-20-16(15-4-2-3-5-17(15)25-20)10-11-28(21)22-26-18(23)12-19(24)27-22/h2-9,12,21,25H,10-11H2,1H3. The van der Waals surface area contributed by atoms with Gasteiger partial charge in [-0.3, -0.25) is 0 Å². The highest BCUT2D eigenvalue weighted by molar-refractivity contribution is 6.33. The first-order valence-electron chi connectivity index (χ1n) is 9.23. The molecule has 0 fully saturated rings. The summed E-state index contributed by atoms with van der Waals surface area (Å²) in [5.74, 6) is 0.549. The maximum atomic E-state index is 6.18. The fourth-order valence-electron chi connectivity index (χ4n) is 4.06. The normalized spacial score (nSPS) is 16.4. The Kier molecular flexibility index (Phi) is 4.26. The van der Waals surface area contributed by atoms with Gasteiger partial charge in [-0.1, -0.05) is 71.2 Å². The largest absolute Gasteiger partial charge is 0.356 e. The van der Waals surface area contributed by atoms with E-state index in [1.54, 1.807) is 6.07 Å². The summed E-state index contributed by atoms with van der Waals surface area (Å²) in [4.78, 5) is 14.7. The number of aryl methyl sites for hydroxylation is 1. The van der Waals surface area contributed by atoms with Crippen LogP contribution in [-0.2, 0) is 6.42 Å². The van der Waals surface area contributed by atoms with Crippen LogP contribution in [0.1, 0.15) is 28.4 Å². The number of hydrogen-bond donors (Lipinski definition) is 1. The molecule has 1 unspecified atom stereocenters. The summed E-state index contributed by atoms with van der Waals surface area (Å²) < 4.78 is 0. The van der Waals surface area contributed by atoms with Crippen LogP contribution >= 0.6 is 23.2 Å². The van der Waals surface area contributed by atoms with Crippen molar-refractivity contribution in [3.8, 4) is 0 Å². The Balaban J connectivity index is 1.72. The molecular formula is C22H18Cl2N4. The maximum Gasteiger partial charge on any atom is 0.229 e. The molecule has 0 amide bonds. The van der Waals surface area contributed by atoms with Gasteiger partial charge in [-0.05, 0) is 30.5 Å². The Morgan fingerprint density at radius 1 is 1.00 bits per heavy atom. The van der Waals surface area contributed by atoms with E-state index < -0.39 is 0 Å². The van der Waals surface area contributed by atoms with E-state index in [0.717, 1.165) is 18.5 Å². The minimum atomic E-state index is -0.0358. The van der Waals surface area contributed by atoms with Crippen LogP contribution in [0.25, 0.3) is 10.9 Å². The molecular weight excluding hydrogens is 391 g/mol. The van der Waals surface area contributed by atoms with Gasteiger partial charge in [-0.2, -0.15) is 0 Å². The number of nitrogens with zero attached hydrogens (tertiary/aromatic N) is 3. The molecule has 0 bridgehead atoms. The van der Waals surface area contributed by atoms with Gasteiger partial charge in [0.15, 0.2) is 0 Å². The van der Waals surface area contributed by atoms with Crippen molar-refractivity contribution in [2.75, 3.05) is 11.4 Å². The van der Waals surface area contributed by atoms with Crippen LogP contribution in [0.4, 0.5) is 5.95 Å². The highest BCUT2D eigenvalue weighted by Crippen LogP contribution is 2.40. The van der Waals surface area contributed by atoms with Crippen molar-refractivity contribution in [2.45, 2.75) is 19.4 Å². The van der Waals surface area contributed by atoms with Gasteiger partial charge in [0.05, 0.1) is 6.04 Å². The van der Waals surface area contributed by atoms with Crippen molar-refractivity contribution in [1.82, 2.24) is 15.0 Å². The maximum absolute atomic E-state index is 6.18. The second-order valence-electron chi connectivity index (χ2n) is 7.13. The summed E-state index contributed by atoms with van der Waals surface area (Å²) in [6.07, 6.45) is 0.898. The summed E-state index contributed by atoms with van der Waals surface area (Å²) in [6.45, 7) is 2.88. The van der Waals surface area contributed by atoms with Gasteiger partial charge in [0.25, 0.3) is 0 Å². The van der Waals surface area contributed by atoms with Crippen LogP contribution < -0.4 is 4.90 Å². The quantitative estimate of drug-likeness (QED) is 0.431. The fourth-order valence-corrected chi connectivity index (χ4v) is 4.47. The molecule has 0 aliphatic carbocycles. The predicted molar refractivity (Wildman–Crippen MR) is 114 cm³/mol. The Bertz CT molecular complexity index is 1150. The highest BCUT2D eigenvalue weighted by atomic mass is 35.5. The molecule has 1 aliphatic rings. The van der Waals surface area contributed by atoms with Gasteiger partial charge < -0.3 is 9.88 Å². The summed E-state index contributed by atoms with van der Waals surface area (Å²) >= 11 is 12.4. The van der Waals surface area contributed by atoms with Gasteiger partial charge in [-0.25, -0.2) is 9.97 Å². The molecule has 1 atom stereocenters. The first-order valence-corrected chi connectivity index (χ1v) is 9.98. The summed E-state index contributed by atoms with van der Waals surface area (Å²) in [5, 5.41) is 1.97. The van der Waals surface area contributed by atoms with Crippen molar-refractivity contribution in [2.24, 2.45) is 0 Å². The van der Waals surface area contributed by atoms with Gasteiger partial charge in [-0.15, -0.1) is 0 Å². The van der Waals surface area contributed by atoms with Crippen LogP contribution in [0.3, 0.4) is 0 Å². The lowest BCUT2D eigenvalue weighted by Gasteiger charge is -2.36. The van der Waals surface area contributed by atoms with Crippen molar-refractivity contribution >= 4 is 40.1 Å². The van der Waals surface area contributed by atoms with E-state index in [1.165, 1.54) is 27.8 Å². The Hall–Kier alpha value is -2.56. The van der Waals surface area contributed by atoms with Crippen molar-refractivity contribution in [3.05, 3.63) is 87.3 Å². The molecule has 0 saturated carbocycles. The highest BCUT2D eigenvalue weighted by Gasteiger charge is 2.33. The van der Waals surface area contributed by atoms with Gasteiger partial charge in [0.1, 0.15) is 10.3 Å². The van der Waals surface area contributed by atoms with Gasteiger partial charge >= 0.3 is 0 Å². The Labute approximate surface area is 173 Å². The van der Waals surface area contributed by atoms with E-state index in [0.29, 0.717) is 16.3 Å². The number of hydrogen-bond acceptors (Lipinski definition) is 3. The third-order valence-corrected chi connectivity index (χ3v) is 5.72. The number of para-hydroxylation sites is 1. The van der Waals surface area contributed by atoms with Crippen molar-refractivity contribution in [1.29, 1.82) is 0 Å². The lowest BCUT2D eigenvalue weighted by atomic mass is 9.92. The second kappa shape index (κ2) is 6.80. The molecule has 28 heavy (non-hydrogen) atoms. The molecule has 140 valence electrons. The van der Waals surface area contributed by atoms with Crippen molar-refractivity contribution in [3.63, 3.8) is 0 Å². The minimum Gasteiger partial charge on any atom is -0.356 e. The van der Waals surface area contributed by atoms with E-state index >= 15 is 0 Å². The number of benzene rings is 2. The lowest BCUT2D eigenvalue weighted by molar-refractivity contribution is 0.626. The van der Waals surface area contributed by atoms with E-state index in [1.807, 2.05) is 0 Å². The second-order valence-corrected chi connectivity index (χ2v) is 7.91. The molecule has 4 aromatic rings. The monoisotopic (exact) mass is 408 g/mol. The van der Waals surface area contributed by atoms with E-state index in [4.69, 9.17) is 23.2 Å². The zero-order chi connectivity index (χ0) is 19.3. The average molecular weight is 409 g/mol. The van der Waals surface area contributed by atoms with Crippen LogP contribution in [0.2, 0.25) is 10.3 Å². The molecule has 1 aliphatic heterocycles. The fraction of sp³-hybridized carbons (Fsp3) is 0.182. The van der Waals surface area contributed by atoms with E-state index in [-0.39, 0.29) is 6.04 Å². The number of rotatable bonds is 2. The molecule has 5 rings (SSSR count). The van der Waals surface area contributed by atoms with Crippen LogP contribution in [0.5, 0.6) is 0 Å². The van der Waals surface area contributed by atoms with Gasteiger partial charge in [0, 0.05) is 29.2 Å². The van der Waals surface area contributed by atoms with Crippen LogP contribution in [0.15, 0.2) is 54.6 Å². The Morgan fingerprint density at radius 3 is 2.46 bits per heavy atom. The summed E-state index contributed by atoms with van der Waals surface area (Å²) in [6, 6.07) is 18.6. The molecule has 3 heterocycles. The minimum absolute atomic E-state index is 0.0358. The van der Waals surface area contributed by atoms with Crippen LogP contribution in [-0.4, -0.2) is 21.5 Å². The topological polar surface area (TPSA) is 44.8 Å². The number of aromatic amines is 1. The first kappa shape index (κ1) is 17.5. The molecule has 1 N–H and O–H groups in total. The molecule has 4 nitrogen and oxygen atoms in total. The van der Waals surface area contributed by atoms with E-state index in [9.17, 15) is 0 Å². The average Bonchev–Trinajstić information content (AvgIpc) is 3.06. The molecule has 0 saturated heterocycles. The van der Waals surface area contributed by atoms with Gasteiger partial charge in [0.2, 0.25) is 5.95 Å². The summed E-state index contributed by atoms with van der Waals surface area (Å²) in [5.41, 5.74) is 6.08. The SMILES string of the molecule is Cc1ccc(C2c3[nH]c4ccccc4c3CCN2c2nc(Cl)cc(Cl)n2)cc1.